The monoisotopic (exact) mass is 883 g/mol. The lowest BCUT2D eigenvalue weighted by Gasteiger charge is -2.25. The van der Waals surface area contributed by atoms with E-state index in [1.165, 1.54) is 0 Å². The number of hydrogen-bond acceptors (Lipinski definition) is 4. The molecular weight excluding hydrogens is 839 g/mol. The van der Waals surface area contributed by atoms with Gasteiger partial charge in [0.05, 0.1) is 16.7 Å². The molecule has 5 nitrogen and oxygen atoms in total. The standard InChI is InChI=1S/C64H45N5/c1-7-19-48(20-8-1)60-45-63(66-64(65-60)49-21-9-2-10-22-49)69-61-41-35-50(46-31-37-56(38-32-46)67(52-23-11-3-12-24-52)53-25-13-4-14-26-53)43-58(61)59-44-51(36-42-62(59)69)47-33-39-57(40-34-47)68(54-27-15-5-16-28-54)55-29-17-6-18-30-55/h1-45H. The van der Waals surface area contributed by atoms with Crippen molar-refractivity contribution in [2.75, 3.05) is 9.80 Å². The second kappa shape index (κ2) is 18.2. The maximum absolute atomic E-state index is 5.33. The number of para-hydroxylation sites is 4. The Bertz CT molecular complexity index is 3350. The van der Waals surface area contributed by atoms with Crippen molar-refractivity contribution in [3.63, 3.8) is 0 Å². The van der Waals surface area contributed by atoms with E-state index in [2.05, 4.69) is 263 Å². The highest BCUT2D eigenvalue weighted by Gasteiger charge is 2.20. The van der Waals surface area contributed by atoms with Crippen LogP contribution in [0.5, 0.6) is 0 Å². The Morgan fingerprint density at radius 2 is 0.594 bits per heavy atom. The largest absolute Gasteiger partial charge is 0.311 e. The average molecular weight is 884 g/mol. The third-order valence-corrected chi connectivity index (χ3v) is 12.8. The van der Waals surface area contributed by atoms with Gasteiger partial charge in [-0.05, 0) is 119 Å². The van der Waals surface area contributed by atoms with Crippen LogP contribution < -0.4 is 9.80 Å². The summed E-state index contributed by atoms with van der Waals surface area (Å²) in [6.07, 6.45) is 0. The fourth-order valence-corrected chi connectivity index (χ4v) is 9.46. The summed E-state index contributed by atoms with van der Waals surface area (Å²) in [4.78, 5) is 15.1. The van der Waals surface area contributed by atoms with Crippen LogP contribution in [-0.4, -0.2) is 14.5 Å². The number of hydrogen-bond donors (Lipinski definition) is 0. The summed E-state index contributed by atoms with van der Waals surface area (Å²) in [5.74, 6) is 1.48. The van der Waals surface area contributed by atoms with Crippen molar-refractivity contribution in [3.8, 4) is 50.7 Å². The Labute approximate surface area is 402 Å². The van der Waals surface area contributed by atoms with Crippen LogP contribution in [0.15, 0.2) is 273 Å². The first kappa shape index (κ1) is 41.1. The lowest BCUT2D eigenvalue weighted by molar-refractivity contribution is 1.05. The number of fused-ring (bicyclic) bond motifs is 3. The molecule has 0 fully saturated rings. The Balaban J connectivity index is 1.00. The van der Waals surface area contributed by atoms with Gasteiger partial charge in [-0.1, -0.05) is 170 Å². The maximum Gasteiger partial charge on any atom is 0.162 e. The number of aromatic nitrogens is 3. The highest BCUT2D eigenvalue weighted by molar-refractivity contribution is 6.11. The molecule has 10 aromatic carbocycles. The van der Waals surface area contributed by atoms with Crippen LogP contribution in [0, 0.1) is 0 Å². The van der Waals surface area contributed by atoms with E-state index in [1.54, 1.807) is 0 Å². The zero-order chi connectivity index (χ0) is 45.9. The van der Waals surface area contributed by atoms with E-state index in [9.17, 15) is 0 Å². The Hall–Kier alpha value is -9.32. The van der Waals surface area contributed by atoms with Gasteiger partial charge in [-0.15, -0.1) is 0 Å². The molecule has 0 amide bonds. The molecule has 0 aliphatic rings. The normalized spacial score (nSPS) is 11.2. The lowest BCUT2D eigenvalue weighted by atomic mass is 9.99. The van der Waals surface area contributed by atoms with Gasteiger partial charge in [0.25, 0.3) is 0 Å². The summed E-state index contributed by atoms with van der Waals surface area (Å²) in [6.45, 7) is 0. The zero-order valence-corrected chi connectivity index (χ0v) is 37.7. The van der Waals surface area contributed by atoms with Gasteiger partial charge in [0, 0.05) is 62.1 Å². The fourth-order valence-electron chi connectivity index (χ4n) is 9.46. The van der Waals surface area contributed by atoms with Crippen LogP contribution in [-0.2, 0) is 0 Å². The van der Waals surface area contributed by atoms with Crippen LogP contribution in [0.3, 0.4) is 0 Å². The van der Waals surface area contributed by atoms with E-state index < -0.39 is 0 Å². The predicted octanol–water partition coefficient (Wildman–Crippen LogP) is 17.2. The first-order valence-electron chi connectivity index (χ1n) is 23.3. The summed E-state index contributed by atoms with van der Waals surface area (Å²) in [5, 5.41) is 2.28. The molecule has 2 aromatic heterocycles. The molecule has 12 rings (SSSR count). The van der Waals surface area contributed by atoms with Crippen LogP contribution in [0.25, 0.3) is 72.5 Å². The molecule has 0 saturated carbocycles. The molecule has 12 aromatic rings. The van der Waals surface area contributed by atoms with Crippen molar-refractivity contribution in [2.45, 2.75) is 0 Å². The molecule has 0 radical (unpaired) electrons. The van der Waals surface area contributed by atoms with Crippen molar-refractivity contribution in [1.82, 2.24) is 14.5 Å². The quantitative estimate of drug-likeness (QED) is 0.130. The van der Waals surface area contributed by atoms with Gasteiger partial charge in [0.15, 0.2) is 5.82 Å². The van der Waals surface area contributed by atoms with Crippen molar-refractivity contribution in [2.24, 2.45) is 0 Å². The van der Waals surface area contributed by atoms with E-state index in [-0.39, 0.29) is 0 Å². The summed E-state index contributed by atoms with van der Waals surface area (Å²) >= 11 is 0. The van der Waals surface area contributed by atoms with Gasteiger partial charge < -0.3 is 9.80 Å². The molecular formula is C64H45N5. The Kier molecular flexibility index (Phi) is 10.8. The third-order valence-electron chi connectivity index (χ3n) is 12.8. The molecule has 0 aliphatic carbocycles. The number of rotatable bonds is 11. The van der Waals surface area contributed by atoms with Gasteiger partial charge in [0.1, 0.15) is 5.82 Å². The number of nitrogens with zero attached hydrogens (tertiary/aromatic N) is 5. The first-order chi connectivity index (χ1) is 34.2. The number of benzene rings is 10. The van der Waals surface area contributed by atoms with E-state index in [0.717, 1.165) is 101 Å². The van der Waals surface area contributed by atoms with Crippen LogP contribution in [0.1, 0.15) is 0 Å². The Morgan fingerprint density at radius 3 is 0.986 bits per heavy atom. The average Bonchev–Trinajstić information content (AvgIpc) is 3.76. The molecule has 0 aliphatic heterocycles. The fraction of sp³-hybridized carbons (Fsp3) is 0. The van der Waals surface area contributed by atoms with Crippen LogP contribution in [0.4, 0.5) is 34.1 Å². The van der Waals surface area contributed by atoms with E-state index in [4.69, 9.17) is 9.97 Å². The van der Waals surface area contributed by atoms with Crippen molar-refractivity contribution in [3.05, 3.63) is 273 Å². The molecule has 326 valence electrons. The van der Waals surface area contributed by atoms with Gasteiger partial charge in [-0.25, -0.2) is 9.97 Å². The smallest absolute Gasteiger partial charge is 0.162 e. The van der Waals surface area contributed by atoms with Crippen LogP contribution >= 0.6 is 0 Å². The van der Waals surface area contributed by atoms with E-state index in [1.807, 2.05) is 24.3 Å². The minimum absolute atomic E-state index is 0.676. The minimum Gasteiger partial charge on any atom is -0.311 e. The zero-order valence-electron chi connectivity index (χ0n) is 37.7. The van der Waals surface area contributed by atoms with Crippen molar-refractivity contribution in [1.29, 1.82) is 0 Å². The summed E-state index contributed by atoms with van der Waals surface area (Å²) in [7, 11) is 0. The molecule has 0 N–H and O–H groups in total. The number of anilines is 6. The molecule has 2 heterocycles. The Morgan fingerprint density at radius 1 is 0.261 bits per heavy atom. The second-order valence-corrected chi connectivity index (χ2v) is 17.1. The topological polar surface area (TPSA) is 37.2 Å². The molecule has 0 spiro atoms. The van der Waals surface area contributed by atoms with E-state index in [0.29, 0.717) is 5.82 Å². The summed E-state index contributed by atoms with van der Waals surface area (Å²) in [5.41, 5.74) is 16.1. The van der Waals surface area contributed by atoms with Gasteiger partial charge in [-0.3, -0.25) is 4.57 Å². The van der Waals surface area contributed by atoms with Gasteiger partial charge in [0.2, 0.25) is 0 Å². The molecule has 0 unspecified atom stereocenters. The highest BCUT2D eigenvalue weighted by atomic mass is 15.1. The lowest BCUT2D eigenvalue weighted by Crippen LogP contribution is -2.09. The molecule has 5 heteroatoms. The second-order valence-electron chi connectivity index (χ2n) is 17.1. The van der Waals surface area contributed by atoms with Crippen molar-refractivity contribution >= 4 is 55.9 Å². The van der Waals surface area contributed by atoms with Gasteiger partial charge in [-0.2, -0.15) is 0 Å². The SMILES string of the molecule is c1ccc(-c2cc(-n3c4ccc(-c5ccc(N(c6ccccc6)c6ccccc6)cc5)cc4c4cc(-c5ccc(N(c6ccccc6)c6ccccc6)cc5)ccc43)nc(-c3ccccc3)n2)cc1. The van der Waals surface area contributed by atoms with Crippen LogP contribution in [0.2, 0.25) is 0 Å². The highest BCUT2D eigenvalue weighted by Crippen LogP contribution is 2.41. The first-order valence-corrected chi connectivity index (χ1v) is 23.3. The van der Waals surface area contributed by atoms with Gasteiger partial charge >= 0.3 is 0 Å². The predicted molar refractivity (Wildman–Crippen MR) is 287 cm³/mol. The summed E-state index contributed by atoms with van der Waals surface area (Å²) in [6, 6.07) is 96.4. The molecule has 69 heavy (non-hydrogen) atoms. The molecule has 0 bridgehead atoms. The minimum atomic E-state index is 0.676. The van der Waals surface area contributed by atoms with Crippen molar-refractivity contribution < 1.29 is 0 Å². The third kappa shape index (κ3) is 8.09. The summed E-state index contributed by atoms with van der Waals surface area (Å²) < 4.78 is 2.31. The van der Waals surface area contributed by atoms with E-state index >= 15 is 0 Å². The molecule has 0 atom stereocenters. The molecule has 0 saturated heterocycles. The maximum atomic E-state index is 5.33.